The highest BCUT2D eigenvalue weighted by molar-refractivity contribution is 5.76. The van der Waals surface area contributed by atoms with Gasteiger partial charge in [-0.2, -0.15) is 0 Å². The Labute approximate surface area is 125 Å². The van der Waals surface area contributed by atoms with E-state index in [0.717, 1.165) is 25.2 Å². The van der Waals surface area contributed by atoms with E-state index in [1.165, 1.54) is 13.2 Å². The Morgan fingerprint density at radius 3 is 2.95 bits per heavy atom. The van der Waals surface area contributed by atoms with Crippen LogP contribution in [0.5, 0.6) is 0 Å². The van der Waals surface area contributed by atoms with Crippen LogP contribution in [0.4, 0.5) is 4.39 Å². The molecule has 1 heterocycles. The van der Waals surface area contributed by atoms with E-state index in [1.54, 1.807) is 6.07 Å². The van der Waals surface area contributed by atoms with Crippen LogP contribution in [-0.4, -0.2) is 49.7 Å². The number of nitrogens with zero attached hydrogens (tertiary/aromatic N) is 1. The van der Waals surface area contributed by atoms with Gasteiger partial charge in [0.15, 0.2) is 0 Å². The van der Waals surface area contributed by atoms with E-state index in [4.69, 9.17) is 4.74 Å². The molecule has 0 saturated carbocycles. The molecule has 1 unspecified atom stereocenters. The maximum atomic E-state index is 14.0. The zero-order valence-electron chi connectivity index (χ0n) is 12.9. The van der Waals surface area contributed by atoms with Crippen LogP contribution in [0.3, 0.4) is 0 Å². The Morgan fingerprint density at radius 2 is 2.33 bits per heavy atom. The van der Waals surface area contributed by atoms with Gasteiger partial charge in [-0.3, -0.25) is 9.69 Å². The number of aryl methyl sites for hydroxylation is 1. The van der Waals surface area contributed by atoms with Crippen LogP contribution >= 0.6 is 0 Å². The number of nitrogens with one attached hydrogen (secondary N) is 1. The Balaban J connectivity index is 2.18. The molecule has 0 aromatic heterocycles. The standard InChI is InChI=1S/C16H23FN2O2/c1-11-4-5-13(14(17)8-11)9-15(16(20)21-3)19-7-6-18-12(2)10-19/h4-5,8,12,15,18H,6-7,9-10H2,1-3H3/t12-,15?/m0/s1. The fraction of sp³-hybridized carbons (Fsp3) is 0.562. The van der Waals surface area contributed by atoms with Crippen molar-refractivity contribution in [3.8, 4) is 0 Å². The third-order valence-corrected chi connectivity index (χ3v) is 3.94. The summed E-state index contributed by atoms with van der Waals surface area (Å²) in [6.45, 7) is 6.27. The van der Waals surface area contributed by atoms with Crippen molar-refractivity contribution in [2.24, 2.45) is 0 Å². The van der Waals surface area contributed by atoms with E-state index in [1.807, 2.05) is 13.0 Å². The number of piperazine rings is 1. The summed E-state index contributed by atoms with van der Waals surface area (Å²) in [6, 6.07) is 5.01. The highest BCUT2D eigenvalue weighted by atomic mass is 19.1. The molecule has 5 heteroatoms. The maximum absolute atomic E-state index is 14.0. The monoisotopic (exact) mass is 294 g/mol. The van der Waals surface area contributed by atoms with E-state index >= 15 is 0 Å². The van der Waals surface area contributed by atoms with Crippen LogP contribution in [0.25, 0.3) is 0 Å². The largest absolute Gasteiger partial charge is 0.468 e. The van der Waals surface area contributed by atoms with Crippen molar-refractivity contribution >= 4 is 5.97 Å². The van der Waals surface area contributed by atoms with Crippen molar-refractivity contribution in [2.45, 2.75) is 32.4 Å². The number of benzene rings is 1. The summed E-state index contributed by atoms with van der Waals surface area (Å²) in [5, 5.41) is 3.34. The van der Waals surface area contributed by atoms with Gasteiger partial charge in [0.05, 0.1) is 7.11 Å². The number of ether oxygens (including phenoxy) is 1. The Morgan fingerprint density at radius 1 is 1.57 bits per heavy atom. The van der Waals surface area contributed by atoms with E-state index in [0.29, 0.717) is 18.0 Å². The van der Waals surface area contributed by atoms with Crippen molar-refractivity contribution in [1.82, 2.24) is 10.2 Å². The Kier molecular flexibility index (Phi) is 5.31. The van der Waals surface area contributed by atoms with Crippen molar-refractivity contribution < 1.29 is 13.9 Å². The topological polar surface area (TPSA) is 41.6 Å². The van der Waals surface area contributed by atoms with E-state index in [-0.39, 0.29) is 11.8 Å². The minimum atomic E-state index is -0.434. The Bertz CT molecular complexity index is 507. The lowest BCUT2D eigenvalue weighted by Gasteiger charge is -2.36. The molecule has 0 radical (unpaired) electrons. The van der Waals surface area contributed by atoms with Gasteiger partial charge in [0.2, 0.25) is 0 Å². The van der Waals surface area contributed by atoms with E-state index < -0.39 is 6.04 Å². The first kappa shape index (κ1) is 15.9. The number of carbonyl (C=O) groups excluding carboxylic acids is 1. The van der Waals surface area contributed by atoms with Gasteiger partial charge in [-0.05, 0) is 31.0 Å². The van der Waals surface area contributed by atoms with Gasteiger partial charge < -0.3 is 10.1 Å². The molecule has 21 heavy (non-hydrogen) atoms. The third-order valence-electron chi connectivity index (χ3n) is 3.94. The molecule has 1 aromatic rings. The van der Waals surface area contributed by atoms with Crippen LogP contribution in [0, 0.1) is 12.7 Å². The quantitative estimate of drug-likeness (QED) is 0.855. The summed E-state index contributed by atoms with van der Waals surface area (Å²) in [5.41, 5.74) is 1.43. The molecule has 1 N–H and O–H groups in total. The lowest BCUT2D eigenvalue weighted by atomic mass is 10.0. The minimum absolute atomic E-state index is 0.257. The average Bonchev–Trinajstić information content (AvgIpc) is 2.45. The molecule has 2 rings (SSSR count). The van der Waals surface area contributed by atoms with E-state index in [9.17, 15) is 9.18 Å². The molecule has 1 aromatic carbocycles. The second-order valence-corrected chi connectivity index (χ2v) is 5.69. The smallest absolute Gasteiger partial charge is 0.323 e. The summed E-state index contributed by atoms with van der Waals surface area (Å²) < 4.78 is 19.0. The summed E-state index contributed by atoms with van der Waals surface area (Å²) >= 11 is 0. The van der Waals surface area contributed by atoms with Gasteiger partial charge in [-0.1, -0.05) is 12.1 Å². The molecule has 4 nitrogen and oxygen atoms in total. The molecule has 1 aliphatic rings. The molecule has 1 fully saturated rings. The predicted octanol–water partition coefficient (Wildman–Crippen LogP) is 1.51. The molecular weight excluding hydrogens is 271 g/mol. The highest BCUT2D eigenvalue weighted by Crippen LogP contribution is 2.17. The molecule has 1 saturated heterocycles. The van der Waals surface area contributed by atoms with Gasteiger partial charge in [0.25, 0.3) is 0 Å². The van der Waals surface area contributed by atoms with Crippen LogP contribution < -0.4 is 5.32 Å². The molecule has 0 spiro atoms. The lowest BCUT2D eigenvalue weighted by molar-refractivity contribution is -0.147. The number of methoxy groups -OCH3 is 1. The van der Waals surface area contributed by atoms with Crippen LogP contribution in [0.1, 0.15) is 18.1 Å². The average molecular weight is 294 g/mol. The summed E-state index contributed by atoms with van der Waals surface area (Å²) in [6.07, 6.45) is 0.339. The zero-order valence-corrected chi connectivity index (χ0v) is 12.9. The molecule has 0 amide bonds. The van der Waals surface area contributed by atoms with Crippen LogP contribution in [0.2, 0.25) is 0 Å². The van der Waals surface area contributed by atoms with E-state index in [2.05, 4.69) is 17.1 Å². The van der Waals surface area contributed by atoms with Crippen molar-refractivity contribution in [3.63, 3.8) is 0 Å². The fourth-order valence-corrected chi connectivity index (χ4v) is 2.77. The summed E-state index contributed by atoms with van der Waals surface area (Å²) in [4.78, 5) is 14.2. The molecule has 2 atom stereocenters. The highest BCUT2D eigenvalue weighted by Gasteiger charge is 2.30. The second kappa shape index (κ2) is 7.00. The van der Waals surface area contributed by atoms with Crippen molar-refractivity contribution in [2.75, 3.05) is 26.7 Å². The molecule has 116 valence electrons. The Hall–Kier alpha value is -1.46. The lowest BCUT2D eigenvalue weighted by Crippen LogP contribution is -2.55. The number of hydrogen-bond acceptors (Lipinski definition) is 4. The third kappa shape index (κ3) is 4.02. The van der Waals surface area contributed by atoms with Gasteiger partial charge in [-0.25, -0.2) is 4.39 Å². The first-order chi connectivity index (χ1) is 10.0. The normalized spacial score (nSPS) is 21.0. The van der Waals surface area contributed by atoms with Gasteiger partial charge in [0, 0.05) is 32.1 Å². The summed E-state index contributed by atoms with van der Waals surface area (Å²) in [7, 11) is 1.38. The number of carbonyl (C=O) groups is 1. The predicted molar refractivity (Wildman–Crippen MR) is 79.7 cm³/mol. The van der Waals surface area contributed by atoms with Gasteiger partial charge in [-0.15, -0.1) is 0 Å². The number of hydrogen-bond donors (Lipinski definition) is 1. The summed E-state index contributed by atoms with van der Waals surface area (Å²) in [5.74, 6) is -0.559. The molecule has 0 bridgehead atoms. The number of rotatable bonds is 4. The molecular formula is C16H23FN2O2. The maximum Gasteiger partial charge on any atom is 0.323 e. The van der Waals surface area contributed by atoms with Crippen LogP contribution in [0.15, 0.2) is 18.2 Å². The first-order valence-corrected chi connectivity index (χ1v) is 7.31. The van der Waals surface area contributed by atoms with Crippen molar-refractivity contribution in [1.29, 1.82) is 0 Å². The SMILES string of the molecule is COC(=O)C(Cc1ccc(C)cc1F)N1CCN[C@@H](C)C1. The number of esters is 1. The van der Waals surface area contributed by atoms with Crippen LogP contribution in [-0.2, 0) is 16.0 Å². The zero-order chi connectivity index (χ0) is 15.4. The molecule has 0 aliphatic carbocycles. The van der Waals surface area contributed by atoms with Gasteiger partial charge >= 0.3 is 5.97 Å². The second-order valence-electron chi connectivity index (χ2n) is 5.69. The van der Waals surface area contributed by atoms with Gasteiger partial charge in [0.1, 0.15) is 11.9 Å². The number of halogens is 1. The van der Waals surface area contributed by atoms with Crippen molar-refractivity contribution in [3.05, 3.63) is 35.1 Å². The fourth-order valence-electron chi connectivity index (χ4n) is 2.77. The minimum Gasteiger partial charge on any atom is -0.468 e. The molecule has 1 aliphatic heterocycles. The first-order valence-electron chi connectivity index (χ1n) is 7.31.